The Hall–Kier alpha value is -2.00. The third kappa shape index (κ3) is 1.65. The largest absolute Gasteiger partial charge is 0.498 e. The number of benzene rings is 1. The molecular formula is C12H12N2O. The third-order valence-electron chi connectivity index (χ3n) is 2.89. The van der Waals surface area contributed by atoms with Crippen molar-refractivity contribution in [3.63, 3.8) is 0 Å². The molecule has 1 aromatic rings. The zero-order valence-electron chi connectivity index (χ0n) is 9.30. The van der Waals surface area contributed by atoms with Crippen LogP contribution in [0, 0.1) is 50.3 Å². The van der Waals surface area contributed by atoms with E-state index in [-0.39, 0.29) is 0 Å². The van der Waals surface area contributed by atoms with E-state index in [2.05, 4.69) is 17.1 Å². The maximum atomic E-state index is 10.2. The molecule has 0 aliphatic rings. The molecule has 0 atom stereocenters. The van der Waals surface area contributed by atoms with Crippen LogP contribution < -0.4 is 0 Å². The molecule has 0 spiro atoms. The smallest absolute Gasteiger partial charge is 0.337 e. The normalized spacial score (nSPS) is 9.00. The molecule has 0 fully saturated rings. The summed E-state index contributed by atoms with van der Waals surface area (Å²) in [7, 11) is 0. The molecule has 15 heavy (non-hydrogen) atoms. The lowest BCUT2D eigenvalue weighted by molar-refractivity contribution is 1.19. The van der Waals surface area contributed by atoms with Crippen LogP contribution >= 0.6 is 0 Å². The fourth-order valence-electron chi connectivity index (χ4n) is 1.69. The van der Waals surface area contributed by atoms with E-state index < -0.39 is 0 Å². The molecule has 1 rings (SSSR count). The summed E-state index contributed by atoms with van der Waals surface area (Å²) in [5.41, 5.74) is 4.97. The van der Waals surface area contributed by atoms with Crippen LogP contribution in [0.5, 0.6) is 0 Å². The highest BCUT2D eigenvalue weighted by Gasteiger charge is 2.15. The second-order valence-corrected chi connectivity index (χ2v) is 3.56. The van der Waals surface area contributed by atoms with Gasteiger partial charge in [-0.2, -0.15) is 5.26 Å². The molecule has 3 heteroatoms. The predicted octanol–water partition coefficient (Wildman–Crippen LogP) is 2.97. The molecule has 0 saturated heterocycles. The minimum atomic E-state index is 0.682. The van der Waals surface area contributed by atoms with E-state index >= 15 is 0 Å². The highest BCUT2D eigenvalue weighted by atomic mass is 16.4. The van der Waals surface area contributed by atoms with Gasteiger partial charge in [0.05, 0.1) is 11.6 Å². The zero-order valence-corrected chi connectivity index (χ0v) is 9.30. The Morgan fingerprint density at radius 1 is 0.933 bits per heavy atom. The van der Waals surface area contributed by atoms with Crippen molar-refractivity contribution in [2.45, 2.75) is 27.7 Å². The van der Waals surface area contributed by atoms with Gasteiger partial charge in [0.2, 0.25) is 0 Å². The van der Waals surface area contributed by atoms with Gasteiger partial charge in [0.25, 0.3) is 0 Å². The van der Waals surface area contributed by atoms with Gasteiger partial charge in [-0.25, -0.2) is 0 Å². The molecular weight excluding hydrogens is 188 g/mol. The molecule has 76 valence electrons. The van der Waals surface area contributed by atoms with Crippen LogP contribution in [0.1, 0.15) is 33.4 Å². The van der Waals surface area contributed by atoms with Gasteiger partial charge >= 0.3 is 6.07 Å². The van der Waals surface area contributed by atoms with Crippen molar-refractivity contribution < 1.29 is 0 Å². The van der Waals surface area contributed by atoms with Crippen LogP contribution in [0.25, 0.3) is 5.01 Å². The van der Waals surface area contributed by atoms with Crippen LogP contribution in [0.2, 0.25) is 0 Å². The highest BCUT2D eigenvalue weighted by Crippen LogP contribution is 2.25. The maximum absolute atomic E-state index is 10.2. The van der Waals surface area contributed by atoms with Gasteiger partial charge < -0.3 is 5.21 Å². The summed E-state index contributed by atoms with van der Waals surface area (Å²) < 4.78 is 0. The summed E-state index contributed by atoms with van der Waals surface area (Å²) in [6.07, 6.45) is 0. The average molecular weight is 200 g/mol. The van der Waals surface area contributed by atoms with Gasteiger partial charge in [0, 0.05) is 5.01 Å². The summed E-state index contributed by atoms with van der Waals surface area (Å²) in [4.78, 5) is 0. The first-order valence-corrected chi connectivity index (χ1v) is 4.63. The minimum Gasteiger partial charge on any atom is -0.498 e. The van der Waals surface area contributed by atoms with E-state index in [0.29, 0.717) is 11.1 Å². The number of hydrogen-bond donors (Lipinski definition) is 0. The Labute approximate surface area is 89.4 Å². The molecule has 0 aliphatic heterocycles. The molecule has 0 heterocycles. The topological polar surface area (TPSA) is 51.2 Å². The van der Waals surface area contributed by atoms with Gasteiger partial charge in [0.15, 0.2) is 0 Å². The quantitative estimate of drug-likeness (QED) is 0.604. The minimum absolute atomic E-state index is 0.682. The molecule has 0 amide bonds. The fourth-order valence-corrected chi connectivity index (χ4v) is 1.69. The van der Waals surface area contributed by atoms with Crippen LogP contribution in [-0.4, -0.2) is 0 Å². The van der Waals surface area contributed by atoms with E-state index in [1.807, 2.05) is 27.7 Å². The average Bonchev–Trinajstić information content (AvgIpc) is 2.23. The van der Waals surface area contributed by atoms with Crippen molar-refractivity contribution in [3.05, 3.63) is 43.6 Å². The third-order valence-corrected chi connectivity index (χ3v) is 2.89. The van der Waals surface area contributed by atoms with Gasteiger partial charge in [-0.3, -0.25) is 0 Å². The molecule has 0 aliphatic carbocycles. The molecule has 0 radical (unpaired) electrons. The highest BCUT2D eigenvalue weighted by molar-refractivity contribution is 5.59. The van der Waals surface area contributed by atoms with Crippen molar-refractivity contribution in [1.29, 1.82) is 5.26 Å². The lowest BCUT2D eigenvalue weighted by Gasteiger charge is -2.10. The Kier molecular flexibility index (Phi) is 2.97. The zero-order chi connectivity index (χ0) is 11.6. The number of hydrogen-bond acceptors (Lipinski definition) is 2. The first-order valence-electron chi connectivity index (χ1n) is 4.63. The van der Waals surface area contributed by atoms with Crippen LogP contribution in [-0.2, 0) is 0 Å². The van der Waals surface area contributed by atoms with E-state index in [4.69, 9.17) is 5.26 Å². The Morgan fingerprint density at radius 3 is 1.67 bits per heavy atom. The number of rotatable bonds is 0. The summed E-state index contributed by atoms with van der Waals surface area (Å²) >= 11 is 0. The predicted molar refractivity (Wildman–Crippen MR) is 59.8 cm³/mol. The lowest BCUT2D eigenvalue weighted by Crippen LogP contribution is -2.00. The molecule has 0 unspecified atom stereocenters. The van der Waals surface area contributed by atoms with E-state index in [1.54, 1.807) is 0 Å². The molecule has 1 aromatic carbocycles. The van der Waals surface area contributed by atoms with Gasteiger partial charge in [0.1, 0.15) is 5.56 Å². The van der Waals surface area contributed by atoms with E-state index in [9.17, 15) is 5.21 Å². The van der Waals surface area contributed by atoms with Crippen LogP contribution in [0.15, 0.2) is 0 Å². The van der Waals surface area contributed by atoms with Crippen molar-refractivity contribution >= 4 is 0 Å². The van der Waals surface area contributed by atoms with Crippen molar-refractivity contribution in [1.82, 2.24) is 0 Å². The van der Waals surface area contributed by atoms with Crippen molar-refractivity contribution in [2.75, 3.05) is 0 Å². The molecule has 0 saturated carbocycles. The van der Waals surface area contributed by atoms with E-state index in [1.165, 1.54) is 0 Å². The summed E-state index contributed by atoms with van der Waals surface area (Å²) in [5, 5.41) is 21.9. The first kappa shape index (κ1) is 11.1. The lowest BCUT2D eigenvalue weighted by atomic mass is 9.90. The summed E-state index contributed by atoms with van der Waals surface area (Å²) in [6.45, 7) is 7.48. The Balaban J connectivity index is 3.73. The summed E-state index contributed by atoms with van der Waals surface area (Å²) in [6, 6.07) is 4.62. The molecule has 3 nitrogen and oxygen atoms in total. The van der Waals surface area contributed by atoms with Crippen molar-refractivity contribution in [2.24, 2.45) is 0 Å². The fraction of sp³-hybridized carbons (Fsp3) is 0.333. The first-order chi connectivity index (χ1) is 7.04. The van der Waals surface area contributed by atoms with Gasteiger partial charge in [-0.15, -0.1) is 0 Å². The van der Waals surface area contributed by atoms with Crippen LogP contribution in [0.3, 0.4) is 0 Å². The number of nitriles is 1. The van der Waals surface area contributed by atoms with E-state index in [0.717, 1.165) is 22.3 Å². The molecule has 0 aromatic heterocycles. The standard InChI is InChI=1S/C12H12N2O/c1-7-9(3)12(6-14-15)10(4)8(2)11(7)5-13/h1-4H3. The number of nitrogens with zero attached hydrogens (tertiary/aromatic N) is 2. The summed E-state index contributed by atoms with van der Waals surface area (Å²) in [5.74, 6) is 0. The Morgan fingerprint density at radius 2 is 1.33 bits per heavy atom. The second kappa shape index (κ2) is 4.02. The second-order valence-electron chi connectivity index (χ2n) is 3.56. The van der Waals surface area contributed by atoms with Crippen LogP contribution in [0.4, 0.5) is 0 Å². The van der Waals surface area contributed by atoms with Gasteiger partial charge in [-0.1, -0.05) is 0 Å². The maximum Gasteiger partial charge on any atom is 0.337 e. The molecule has 0 bridgehead atoms. The Bertz CT molecular complexity index is 484. The SMILES string of the molecule is Cc1c(C)c(C#[N+][O-])c(C)c(C)c1C#N. The monoisotopic (exact) mass is 200 g/mol. The van der Waals surface area contributed by atoms with Crippen molar-refractivity contribution in [3.8, 4) is 12.1 Å². The van der Waals surface area contributed by atoms with Gasteiger partial charge in [-0.05, 0) is 49.9 Å². The molecule has 0 N–H and O–H groups in total.